The molecule has 1 aromatic carbocycles. The van der Waals surface area contributed by atoms with Crippen LogP contribution in [0, 0.1) is 5.92 Å². The Hall–Kier alpha value is -1.75. The Kier molecular flexibility index (Phi) is 5.63. The summed E-state index contributed by atoms with van der Waals surface area (Å²) in [5.74, 6) is -0.163. The van der Waals surface area contributed by atoms with Gasteiger partial charge < -0.3 is 16.3 Å². The molecule has 0 aliphatic heterocycles. The molecule has 0 heterocycles. The maximum Gasteiger partial charge on any atom is 0.227 e. The highest BCUT2D eigenvalue weighted by atomic mass is 35.5. The summed E-state index contributed by atoms with van der Waals surface area (Å²) in [5, 5.41) is 14.6. The van der Waals surface area contributed by atoms with E-state index >= 15 is 0 Å². The van der Waals surface area contributed by atoms with Crippen molar-refractivity contribution in [2.75, 3.05) is 5.32 Å². The number of nitrogens with zero attached hydrogens (tertiary/aromatic N) is 1. The van der Waals surface area contributed by atoms with E-state index in [0.717, 1.165) is 12.8 Å². The van der Waals surface area contributed by atoms with Crippen LogP contribution in [0.3, 0.4) is 0 Å². The van der Waals surface area contributed by atoms with Gasteiger partial charge in [0.15, 0.2) is 5.84 Å². The second-order valence-electron chi connectivity index (χ2n) is 4.36. The summed E-state index contributed by atoms with van der Waals surface area (Å²) in [6.45, 7) is 3.90. The van der Waals surface area contributed by atoms with Crippen molar-refractivity contribution in [1.82, 2.24) is 0 Å². The Morgan fingerprint density at radius 3 is 2.79 bits per heavy atom. The Morgan fingerprint density at radius 1 is 1.58 bits per heavy atom. The zero-order valence-electron chi connectivity index (χ0n) is 11.0. The Bertz CT molecular complexity index is 489. The molecular formula is C13H18ClN3O2. The van der Waals surface area contributed by atoms with Crippen molar-refractivity contribution < 1.29 is 10.0 Å². The van der Waals surface area contributed by atoms with Gasteiger partial charge in [-0.1, -0.05) is 37.0 Å². The maximum atomic E-state index is 11.9. The minimum atomic E-state index is -0.0692. The second kappa shape index (κ2) is 6.99. The molecular weight excluding hydrogens is 266 g/mol. The van der Waals surface area contributed by atoms with E-state index in [0.29, 0.717) is 16.3 Å². The number of anilines is 1. The normalized spacial score (nSPS) is 13.1. The number of amides is 1. The van der Waals surface area contributed by atoms with Crippen molar-refractivity contribution in [3.05, 3.63) is 28.8 Å². The third-order valence-electron chi connectivity index (χ3n) is 2.80. The van der Waals surface area contributed by atoms with Gasteiger partial charge in [-0.05, 0) is 24.6 Å². The molecule has 0 radical (unpaired) electrons. The number of oxime groups is 1. The van der Waals surface area contributed by atoms with Gasteiger partial charge in [-0.25, -0.2) is 0 Å². The van der Waals surface area contributed by atoms with Crippen LogP contribution in [0.4, 0.5) is 5.69 Å². The van der Waals surface area contributed by atoms with Crippen LogP contribution in [-0.4, -0.2) is 17.0 Å². The second-order valence-corrected chi connectivity index (χ2v) is 4.77. The Morgan fingerprint density at radius 2 is 2.26 bits per heavy atom. The predicted octanol–water partition coefficient (Wildman–Crippen LogP) is 2.81. The minimum absolute atomic E-state index is 0.0286. The van der Waals surface area contributed by atoms with Gasteiger partial charge in [-0.2, -0.15) is 0 Å². The highest BCUT2D eigenvalue weighted by Gasteiger charge is 2.13. The molecule has 0 saturated heterocycles. The van der Waals surface area contributed by atoms with Gasteiger partial charge in [0.05, 0.1) is 10.7 Å². The lowest BCUT2D eigenvalue weighted by Gasteiger charge is -2.12. The summed E-state index contributed by atoms with van der Waals surface area (Å²) in [5.41, 5.74) is 6.47. The van der Waals surface area contributed by atoms with Crippen molar-refractivity contribution in [3.8, 4) is 0 Å². The zero-order chi connectivity index (χ0) is 14.4. The number of benzene rings is 1. The summed E-state index contributed by atoms with van der Waals surface area (Å²) in [6, 6.07) is 4.80. The molecule has 0 aliphatic carbocycles. The first-order valence-electron chi connectivity index (χ1n) is 6.07. The average Bonchev–Trinajstić information content (AvgIpc) is 2.40. The third kappa shape index (κ3) is 4.13. The van der Waals surface area contributed by atoms with Crippen molar-refractivity contribution in [3.63, 3.8) is 0 Å². The van der Waals surface area contributed by atoms with E-state index in [1.807, 2.05) is 13.8 Å². The molecule has 0 aromatic heterocycles. The number of amidine groups is 1. The monoisotopic (exact) mass is 283 g/mol. The molecule has 4 N–H and O–H groups in total. The molecule has 1 amide bonds. The van der Waals surface area contributed by atoms with E-state index < -0.39 is 0 Å². The molecule has 1 unspecified atom stereocenters. The van der Waals surface area contributed by atoms with Gasteiger partial charge in [0.25, 0.3) is 0 Å². The third-order valence-corrected chi connectivity index (χ3v) is 3.11. The lowest BCUT2D eigenvalue weighted by atomic mass is 10.1. The van der Waals surface area contributed by atoms with Gasteiger partial charge in [0.2, 0.25) is 5.91 Å². The molecule has 0 aliphatic rings. The van der Waals surface area contributed by atoms with Gasteiger partial charge in [-0.15, -0.1) is 0 Å². The van der Waals surface area contributed by atoms with Gasteiger partial charge >= 0.3 is 0 Å². The molecule has 0 bridgehead atoms. The van der Waals surface area contributed by atoms with Crippen LogP contribution >= 0.6 is 11.6 Å². The van der Waals surface area contributed by atoms with E-state index in [2.05, 4.69) is 10.5 Å². The molecule has 1 atom stereocenters. The van der Waals surface area contributed by atoms with Crippen molar-refractivity contribution in [1.29, 1.82) is 0 Å². The van der Waals surface area contributed by atoms with Crippen LogP contribution in [0.15, 0.2) is 23.4 Å². The molecule has 1 rings (SSSR count). The summed E-state index contributed by atoms with van der Waals surface area (Å²) in [7, 11) is 0. The predicted molar refractivity (Wildman–Crippen MR) is 76.7 cm³/mol. The van der Waals surface area contributed by atoms with Crippen LogP contribution < -0.4 is 11.1 Å². The molecule has 1 aromatic rings. The fraction of sp³-hybridized carbons (Fsp3) is 0.385. The maximum absolute atomic E-state index is 11.9. The number of rotatable bonds is 5. The van der Waals surface area contributed by atoms with Crippen LogP contribution in [0.25, 0.3) is 0 Å². The Balaban J connectivity index is 2.83. The molecule has 5 nitrogen and oxygen atoms in total. The summed E-state index contributed by atoms with van der Waals surface area (Å²) in [4.78, 5) is 11.9. The van der Waals surface area contributed by atoms with E-state index in [1.165, 1.54) is 6.07 Å². The molecule has 6 heteroatoms. The smallest absolute Gasteiger partial charge is 0.227 e. The fourth-order valence-corrected chi connectivity index (χ4v) is 1.88. The van der Waals surface area contributed by atoms with E-state index in [1.54, 1.807) is 12.1 Å². The van der Waals surface area contributed by atoms with Gasteiger partial charge in [0.1, 0.15) is 0 Å². The Labute approximate surface area is 117 Å². The van der Waals surface area contributed by atoms with Crippen LogP contribution in [0.2, 0.25) is 5.02 Å². The first-order chi connectivity index (χ1) is 8.99. The number of hydrogen-bond donors (Lipinski definition) is 3. The summed E-state index contributed by atoms with van der Waals surface area (Å²) < 4.78 is 0. The number of halogens is 1. The molecule has 104 valence electrons. The molecule has 0 saturated carbocycles. The number of nitrogens with two attached hydrogens (primary N) is 1. The number of hydrogen-bond acceptors (Lipinski definition) is 3. The van der Waals surface area contributed by atoms with E-state index in [9.17, 15) is 4.79 Å². The van der Waals surface area contributed by atoms with Crippen LogP contribution in [0.1, 0.15) is 32.3 Å². The van der Waals surface area contributed by atoms with E-state index in [4.69, 9.17) is 22.5 Å². The number of carbonyl (C=O) groups is 1. The average molecular weight is 284 g/mol. The minimum Gasteiger partial charge on any atom is -0.409 e. The highest BCUT2D eigenvalue weighted by Crippen LogP contribution is 2.24. The number of nitrogens with one attached hydrogen (secondary N) is 1. The van der Waals surface area contributed by atoms with E-state index in [-0.39, 0.29) is 17.7 Å². The topological polar surface area (TPSA) is 87.7 Å². The van der Waals surface area contributed by atoms with Gasteiger partial charge in [0, 0.05) is 11.5 Å². The van der Waals surface area contributed by atoms with Crippen LogP contribution in [0.5, 0.6) is 0 Å². The van der Waals surface area contributed by atoms with Crippen molar-refractivity contribution in [2.45, 2.75) is 26.7 Å². The fourth-order valence-electron chi connectivity index (χ4n) is 1.65. The van der Waals surface area contributed by atoms with Crippen LogP contribution in [-0.2, 0) is 4.79 Å². The summed E-state index contributed by atoms with van der Waals surface area (Å²) in [6.07, 6.45) is 1.77. The largest absolute Gasteiger partial charge is 0.409 e. The summed E-state index contributed by atoms with van der Waals surface area (Å²) >= 11 is 6.05. The quantitative estimate of drug-likeness (QED) is 0.336. The molecule has 0 spiro atoms. The van der Waals surface area contributed by atoms with Crippen molar-refractivity contribution >= 4 is 29.0 Å². The lowest BCUT2D eigenvalue weighted by molar-refractivity contribution is -0.119. The first-order valence-corrected chi connectivity index (χ1v) is 6.45. The SMILES string of the molecule is CCCC(C)C(=O)Nc1ccc(/C(N)=N/O)cc1Cl. The number of carbonyl (C=O) groups excluding carboxylic acids is 1. The standard InChI is InChI=1S/C13H18ClN3O2/c1-3-4-8(2)13(18)16-11-6-5-9(7-10(11)14)12(15)17-19/h5-8,19H,3-4H2,1-2H3,(H2,15,17)(H,16,18). The first kappa shape index (κ1) is 15.3. The lowest BCUT2D eigenvalue weighted by Crippen LogP contribution is -2.20. The zero-order valence-corrected chi connectivity index (χ0v) is 11.7. The van der Waals surface area contributed by atoms with Crippen molar-refractivity contribution in [2.24, 2.45) is 16.8 Å². The molecule has 19 heavy (non-hydrogen) atoms. The molecule has 0 fully saturated rings. The van der Waals surface area contributed by atoms with Gasteiger partial charge in [-0.3, -0.25) is 4.79 Å². The highest BCUT2D eigenvalue weighted by molar-refractivity contribution is 6.34.